The molecule has 0 fully saturated rings. The van der Waals surface area contributed by atoms with E-state index in [1.165, 1.54) is 7.11 Å². The van der Waals surface area contributed by atoms with Crippen LogP contribution in [0.2, 0.25) is 0 Å². The number of ether oxygens (including phenoxy) is 1. The molecular formula is C11H12ClNO3. The van der Waals surface area contributed by atoms with Gasteiger partial charge in [-0.25, -0.2) is 0 Å². The second-order valence-corrected chi connectivity index (χ2v) is 3.51. The first-order chi connectivity index (χ1) is 7.65. The number of aliphatic hydroxyl groups excluding tert-OH is 2. The van der Waals surface area contributed by atoms with Gasteiger partial charge in [-0.1, -0.05) is 12.1 Å². The summed E-state index contributed by atoms with van der Waals surface area (Å²) in [4.78, 5) is 0. The molecule has 16 heavy (non-hydrogen) atoms. The van der Waals surface area contributed by atoms with E-state index in [2.05, 4.69) is 0 Å². The summed E-state index contributed by atoms with van der Waals surface area (Å²) >= 11 is 5.44. The van der Waals surface area contributed by atoms with Crippen LogP contribution in [0, 0.1) is 11.3 Å². The highest BCUT2D eigenvalue weighted by Gasteiger charge is 2.22. The van der Waals surface area contributed by atoms with Crippen molar-refractivity contribution in [2.75, 3.05) is 13.0 Å². The van der Waals surface area contributed by atoms with Gasteiger partial charge in [0.25, 0.3) is 0 Å². The predicted molar refractivity (Wildman–Crippen MR) is 59.4 cm³/mol. The van der Waals surface area contributed by atoms with Gasteiger partial charge in [0.1, 0.15) is 17.9 Å². The Kier molecular flexibility index (Phi) is 4.56. The van der Waals surface area contributed by atoms with Gasteiger partial charge in [0.2, 0.25) is 0 Å². The van der Waals surface area contributed by atoms with Crippen molar-refractivity contribution in [3.8, 4) is 11.8 Å². The van der Waals surface area contributed by atoms with E-state index < -0.39 is 12.2 Å². The lowest BCUT2D eigenvalue weighted by Crippen LogP contribution is -2.20. The Morgan fingerprint density at radius 1 is 1.50 bits per heavy atom. The molecule has 2 N–H and O–H groups in total. The first kappa shape index (κ1) is 12.8. The van der Waals surface area contributed by atoms with Crippen LogP contribution in [0.5, 0.6) is 5.75 Å². The molecule has 0 heterocycles. The van der Waals surface area contributed by atoms with Crippen molar-refractivity contribution in [2.45, 2.75) is 12.2 Å². The molecule has 0 aliphatic heterocycles. The standard InChI is InChI=1S/C11H12ClNO3/c1-16-10-4-2-3-7(8(10)6-13)11(15)9(14)5-12/h2-4,9,11,14-15H,5H2,1H3. The van der Waals surface area contributed by atoms with E-state index in [1.807, 2.05) is 6.07 Å². The molecule has 0 aliphatic carbocycles. The van der Waals surface area contributed by atoms with Crippen molar-refractivity contribution in [3.05, 3.63) is 29.3 Å². The maximum atomic E-state index is 9.78. The zero-order valence-electron chi connectivity index (χ0n) is 8.72. The number of benzene rings is 1. The maximum absolute atomic E-state index is 9.78. The normalized spacial score (nSPS) is 13.9. The van der Waals surface area contributed by atoms with Crippen LogP contribution in [0.1, 0.15) is 17.2 Å². The van der Waals surface area contributed by atoms with Gasteiger partial charge >= 0.3 is 0 Å². The number of halogens is 1. The molecule has 5 heteroatoms. The molecule has 1 rings (SSSR count). The number of nitrogens with zero attached hydrogens (tertiary/aromatic N) is 1. The summed E-state index contributed by atoms with van der Waals surface area (Å²) in [5, 5.41) is 28.2. The van der Waals surface area contributed by atoms with E-state index in [1.54, 1.807) is 18.2 Å². The van der Waals surface area contributed by atoms with E-state index >= 15 is 0 Å². The lowest BCUT2D eigenvalue weighted by Gasteiger charge is -2.17. The summed E-state index contributed by atoms with van der Waals surface area (Å²) in [6, 6.07) is 6.74. The molecule has 4 nitrogen and oxygen atoms in total. The number of hydrogen-bond donors (Lipinski definition) is 2. The zero-order chi connectivity index (χ0) is 12.1. The number of rotatable bonds is 4. The summed E-state index contributed by atoms with van der Waals surface area (Å²) in [5.41, 5.74) is 0.525. The molecule has 2 atom stereocenters. The Morgan fingerprint density at radius 2 is 2.19 bits per heavy atom. The van der Waals surface area contributed by atoms with Gasteiger partial charge in [0.05, 0.1) is 24.7 Å². The van der Waals surface area contributed by atoms with Crippen LogP contribution >= 0.6 is 11.6 Å². The first-order valence-electron chi connectivity index (χ1n) is 4.64. The molecule has 0 aromatic heterocycles. The second kappa shape index (κ2) is 5.71. The Labute approximate surface area is 98.7 Å². The van der Waals surface area contributed by atoms with E-state index in [0.717, 1.165) is 0 Å². The Hall–Kier alpha value is -1.28. The average Bonchev–Trinajstić information content (AvgIpc) is 2.35. The number of hydrogen-bond acceptors (Lipinski definition) is 4. The minimum Gasteiger partial charge on any atom is -0.495 e. The number of aliphatic hydroxyl groups is 2. The van der Waals surface area contributed by atoms with E-state index in [9.17, 15) is 10.2 Å². The summed E-state index contributed by atoms with van der Waals surface area (Å²) < 4.78 is 4.99. The van der Waals surface area contributed by atoms with Crippen molar-refractivity contribution < 1.29 is 14.9 Å². The first-order valence-corrected chi connectivity index (χ1v) is 5.18. The fourth-order valence-electron chi connectivity index (χ4n) is 1.38. The Morgan fingerprint density at radius 3 is 2.69 bits per heavy atom. The minimum atomic E-state index is -1.19. The van der Waals surface area contributed by atoms with Crippen LogP contribution < -0.4 is 4.74 Å². The lowest BCUT2D eigenvalue weighted by atomic mass is 9.99. The second-order valence-electron chi connectivity index (χ2n) is 3.20. The molecule has 0 saturated heterocycles. The highest BCUT2D eigenvalue weighted by Crippen LogP contribution is 2.28. The minimum absolute atomic E-state index is 0.108. The van der Waals surface area contributed by atoms with Crippen LogP contribution in [0.4, 0.5) is 0 Å². The third kappa shape index (κ3) is 2.45. The topological polar surface area (TPSA) is 73.5 Å². The Balaban J connectivity index is 3.19. The van der Waals surface area contributed by atoms with E-state index in [0.29, 0.717) is 11.3 Å². The van der Waals surface area contributed by atoms with Crippen molar-refractivity contribution >= 4 is 11.6 Å². The van der Waals surface area contributed by atoms with Crippen LogP contribution in [-0.2, 0) is 0 Å². The molecule has 0 spiro atoms. The van der Waals surface area contributed by atoms with Crippen molar-refractivity contribution in [1.29, 1.82) is 5.26 Å². The van der Waals surface area contributed by atoms with Gasteiger partial charge in [0, 0.05) is 5.56 Å². The van der Waals surface area contributed by atoms with Crippen molar-refractivity contribution in [1.82, 2.24) is 0 Å². The van der Waals surface area contributed by atoms with Gasteiger partial charge in [-0.2, -0.15) is 5.26 Å². The molecule has 2 unspecified atom stereocenters. The highest BCUT2D eigenvalue weighted by atomic mass is 35.5. The summed E-state index contributed by atoms with van der Waals surface area (Å²) in [6.45, 7) is 0. The van der Waals surface area contributed by atoms with Crippen molar-refractivity contribution in [3.63, 3.8) is 0 Å². The highest BCUT2D eigenvalue weighted by molar-refractivity contribution is 6.18. The third-order valence-electron chi connectivity index (χ3n) is 2.23. The largest absolute Gasteiger partial charge is 0.495 e. The van der Waals surface area contributed by atoms with Gasteiger partial charge in [-0.3, -0.25) is 0 Å². The monoisotopic (exact) mass is 241 g/mol. The Bertz CT molecular complexity index is 403. The van der Waals surface area contributed by atoms with Gasteiger partial charge in [-0.05, 0) is 6.07 Å². The van der Waals surface area contributed by atoms with Crippen LogP contribution in [-0.4, -0.2) is 29.3 Å². The van der Waals surface area contributed by atoms with Gasteiger partial charge in [0.15, 0.2) is 0 Å². The SMILES string of the molecule is COc1cccc(C(O)C(O)CCl)c1C#N. The smallest absolute Gasteiger partial charge is 0.137 e. The average molecular weight is 242 g/mol. The molecule has 86 valence electrons. The number of alkyl halides is 1. The quantitative estimate of drug-likeness (QED) is 0.777. The summed E-state index contributed by atoms with van der Waals surface area (Å²) in [6.07, 6.45) is -2.30. The van der Waals surface area contributed by atoms with E-state index in [4.69, 9.17) is 21.6 Å². The fraction of sp³-hybridized carbons (Fsp3) is 0.364. The van der Waals surface area contributed by atoms with Crippen molar-refractivity contribution in [2.24, 2.45) is 0 Å². The molecule has 0 bridgehead atoms. The molecule has 0 radical (unpaired) electrons. The number of nitriles is 1. The summed E-state index contributed by atoms with van der Waals surface area (Å²) in [5.74, 6) is 0.254. The number of methoxy groups -OCH3 is 1. The van der Waals surface area contributed by atoms with E-state index in [-0.39, 0.29) is 11.4 Å². The zero-order valence-corrected chi connectivity index (χ0v) is 9.48. The van der Waals surface area contributed by atoms with Gasteiger partial charge < -0.3 is 14.9 Å². The third-order valence-corrected chi connectivity index (χ3v) is 2.55. The maximum Gasteiger partial charge on any atom is 0.137 e. The summed E-state index contributed by atoms with van der Waals surface area (Å²) in [7, 11) is 1.43. The molecule has 0 saturated carbocycles. The predicted octanol–water partition coefficient (Wildman–Crippen LogP) is 1.20. The lowest BCUT2D eigenvalue weighted by molar-refractivity contribution is 0.0324. The molecule has 1 aromatic rings. The van der Waals surface area contributed by atoms with Crippen LogP contribution in [0.3, 0.4) is 0 Å². The fourth-order valence-corrected chi connectivity index (χ4v) is 1.54. The van der Waals surface area contributed by atoms with Crippen LogP contribution in [0.15, 0.2) is 18.2 Å². The van der Waals surface area contributed by atoms with Gasteiger partial charge in [-0.15, -0.1) is 11.6 Å². The molecule has 0 amide bonds. The molecule has 1 aromatic carbocycles. The molecule has 0 aliphatic rings. The molecular weight excluding hydrogens is 230 g/mol. The van der Waals surface area contributed by atoms with Crippen LogP contribution in [0.25, 0.3) is 0 Å².